The number of aryl methyl sites for hydroxylation is 1. The molecule has 0 bridgehead atoms. The number of carbonyl (C=O) groups excluding carboxylic acids is 1. The fraction of sp³-hybridized carbons (Fsp3) is 0.304. The van der Waals surface area contributed by atoms with Crippen LogP contribution in [0.1, 0.15) is 29.7 Å². The topological polar surface area (TPSA) is 53.4 Å². The molecule has 146 valence electrons. The van der Waals surface area contributed by atoms with Gasteiger partial charge < -0.3 is 14.0 Å². The standard InChI is InChI=1S/C23H26N2O3/c1-25-15-21(24-17-25)11-12-23(26)28-22-10-6-3-7-18(16-27-2)13-19-8-4-5-9-20(19)14-22/h3-6,8-9,11-12,15-17,22H,7,10,13-14H2,1-2H3/b6-3-,12-11+,18-16+. The molecule has 5 nitrogen and oxygen atoms in total. The molecule has 0 spiro atoms. The van der Waals surface area contributed by atoms with Gasteiger partial charge in [0.1, 0.15) is 6.10 Å². The second kappa shape index (κ2) is 9.74. The highest BCUT2D eigenvalue weighted by Gasteiger charge is 2.16. The van der Waals surface area contributed by atoms with E-state index in [1.165, 1.54) is 22.8 Å². The summed E-state index contributed by atoms with van der Waals surface area (Å²) in [5, 5.41) is 0. The minimum Gasteiger partial charge on any atom is -0.504 e. The van der Waals surface area contributed by atoms with Gasteiger partial charge in [0.25, 0.3) is 0 Å². The average Bonchev–Trinajstić information content (AvgIpc) is 3.10. The monoisotopic (exact) mass is 378 g/mol. The van der Waals surface area contributed by atoms with Crippen LogP contribution in [-0.4, -0.2) is 28.7 Å². The number of nitrogens with zero attached hydrogens (tertiary/aromatic N) is 2. The Morgan fingerprint density at radius 3 is 2.82 bits per heavy atom. The second-order valence-electron chi connectivity index (χ2n) is 6.93. The number of fused-ring (bicyclic) bond motifs is 1. The quantitative estimate of drug-likeness (QED) is 0.349. The summed E-state index contributed by atoms with van der Waals surface area (Å²) in [6, 6.07) is 8.31. The van der Waals surface area contributed by atoms with E-state index in [2.05, 4.69) is 29.3 Å². The minimum atomic E-state index is -0.349. The molecule has 1 unspecified atom stereocenters. The van der Waals surface area contributed by atoms with E-state index in [4.69, 9.17) is 9.47 Å². The SMILES string of the molecule is CO/C=C1\C/C=C\CC(OC(=O)/C=C/c2cn(C)cn2)Cc2ccccc2C1. The Balaban J connectivity index is 1.72. The summed E-state index contributed by atoms with van der Waals surface area (Å²) in [5.74, 6) is -0.349. The number of aromatic nitrogens is 2. The van der Waals surface area contributed by atoms with Crippen LogP contribution >= 0.6 is 0 Å². The van der Waals surface area contributed by atoms with E-state index >= 15 is 0 Å². The molecule has 2 aromatic rings. The van der Waals surface area contributed by atoms with E-state index < -0.39 is 0 Å². The number of imidazole rings is 1. The average molecular weight is 378 g/mol. The molecule has 1 aromatic heterocycles. The fourth-order valence-corrected chi connectivity index (χ4v) is 3.28. The number of methoxy groups -OCH3 is 1. The van der Waals surface area contributed by atoms with E-state index in [1.54, 1.807) is 19.5 Å². The first kappa shape index (κ1) is 19.7. The van der Waals surface area contributed by atoms with Crippen molar-refractivity contribution in [2.24, 2.45) is 7.05 Å². The summed E-state index contributed by atoms with van der Waals surface area (Å²) in [6.45, 7) is 0. The van der Waals surface area contributed by atoms with Crippen LogP contribution < -0.4 is 0 Å². The highest BCUT2D eigenvalue weighted by Crippen LogP contribution is 2.22. The molecule has 0 radical (unpaired) electrons. The van der Waals surface area contributed by atoms with Crippen LogP contribution in [0.15, 0.2) is 66.9 Å². The molecule has 0 saturated carbocycles. The predicted molar refractivity (Wildman–Crippen MR) is 109 cm³/mol. The van der Waals surface area contributed by atoms with Crippen LogP contribution in [0.25, 0.3) is 6.08 Å². The van der Waals surface area contributed by atoms with Crippen LogP contribution in [0.5, 0.6) is 0 Å². The number of hydrogen-bond acceptors (Lipinski definition) is 4. The Hall–Kier alpha value is -3.08. The first-order valence-corrected chi connectivity index (χ1v) is 9.43. The number of rotatable bonds is 4. The molecule has 0 N–H and O–H groups in total. The lowest BCUT2D eigenvalue weighted by atomic mass is 9.93. The third-order valence-electron chi connectivity index (χ3n) is 4.61. The number of ether oxygens (including phenoxy) is 2. The molecule has 5 heteroatoms. The lowest BCUT2D eigenvalue weighted by molar-refractivity contribution is -0.142. The van der Waals surface area contributed by atoms with Gasteiger partial charge in [0.05, 0.1) is 25.4 Å². The van der Waals surface area contributed by atoms with Crippen molar-refractivity contribution in [3.63, 3.8) is 0 Å². The molecule has 0 amide bonds. The van der Waals surface area contributed by atoms with Gasteiger partial charge in [0.2, 0.25) is 0 Å². The molecular weight excluding hydrogens is 352 g/mol. The summed E-state index contributed by atoms with van der Waals surface area (Å²) < 4.78 is 12.8. The minimum absolute atomic E-state index is 0.203. The van der Waals surface area contributed by atoms with Gasteiger partial charge in [-0.2, -0.15) is 0 Å². The molecule has 1 atom stereocenters. The smallest absolute Gasteiger partial charge is 0.331 e. The Morgan fingerprint density at radius 1 is 1.25 bits per heavy atom. The van der Waals surface area contributed by atoms with Crippen molar-refractivity contribution in [3.8, 4) is 0 Å². The normalized spacial score (nSPS) is 19.9. The highest BCUT2D eigenvalue weighted by atomic mass is 16.5. The van der Waals surface area contributed by atoms with Gasteiger partial charge in [0.15, 0.2) is 0 Å². The summed E-state index contributed by atoms with van der Waals surface area (Å²) in [7, 11) is 3.56. The van der Waals surface area contributed by atoms with Crippen LogP contribution in [0, 0.1) is 0 Å². The van der Waals surface area contributed by atoms with E-state index in [1.807, 2.05) is 36.2 Å². The lowest BCUT2D eigenvalue weighted by Crippen LogP contribution is -2.20. The zero-order chi connectivity index (χ0) is 19.8. The van der Waals surface area contributed by atoms with E-state index in [9.17, 15) is 4.79 Å². The van der Waals surface area contributed by atoms with Crippen molar-refractivity contribution in [2.45, 2.75) is 31.8 Å². The van der Waals surface area contributed by atoms with Gasteiger partial charge in [-0.25, -0.2) is 9.78 Å². The first-order chi connectivity index (χ1) is 13.6. The van der Waals surface area contributed by atoms with E-state index in [0.717, 1.165) is 18.5 Å². The van der Waals surface area contributed by atoms with E-state index in [-0.39, 0.29) is 12.1 Å². The Morgan fingerprint density at radius 2 is 2.07 bits per heavy atom. The number of carbonyl (C=O) groups is 1. The zero-order valence-corrected chi connectivity index (χ0v) is 16.4. The lowest BCUT2D eigenvalue weighted by Gasteiger charge is -2.19. The second-order valence-corrected chi connectivity index (χ2v) is 6.93. The van der Waals surface area contributed by atoms with Crippen LogP contribution in [0.2, 0.25) is 0 Å². The van der Waals surface area contributed by atoms with Crippen LogP contribution in [0.3, 0.4) is 0 Å². The number of benzene rings is 1. The van der Waals surface area contributed by atoms with Gasteiger partial charge in [-0.3, -0.25) is 0 Å². The third-order valence-corrected chi connectivity index (χ3v) is 4.61. The van der Waals surface area contributed by atoms with Gasteiger partial charge in [0, 0.05) is 32.2 Å². The predicted octanol–water partition coefficient (Wildman–Crippen LogP) is 4.01. The van der Waals surface area contributed by atoms with Crippen LogP contribution in [-0.2, 0) is 34.2 Å². The van der Waals surface area contributed by atoms with Crippen molar-refractivity contribution in [3.05, 3.63) is 83.7 Å². The van der Waals surface area contributed by atoms with Gasteiger partial charge in [-0.15, -0.1) is 0 Å². The summed E-state index contributed by atoms with van der Waals surface area (Å²) in [5.41, 5.74) is 4.39. The van der Waals surface area contributed by atoms with Crippen molar-refractivity contribution < 1.29 is 14.3 Å². The molecule has 3 rings (SSSR count). The van der Waals surface area contributed by atoms with Gasteiger partial charge in [-0.1, -0.05) is 36.4 Å². The Labute approximate surface area is 166 Å². The number of hydrogen-bond donors (Lipinski definition) is 0. The maximum atomic E-state index is 12.3. The summed E-state index contributed by atoms with van der Waals surface area (Å²) in [6.07, 6.45) is 15.5. The molecule has 1 aliphatic carbocycles. The van der Waals surface area contributed by atoms with Crippen molar-refractivity contribution >= 4 is 12.0 Å². The maximum Gasteiger partial charge on any atom is 0.331 e. The third kappa shape index (κ3) is 5.71. The molecule has 1 heterocycles. The van der Waals surface area contributed by atoms with Crippen molar-refractivity contribution in [1.29, 1.82) is 0 Å². The zero-order valence-electron chi connectivity index (χ0n) is 16.4. The van der Waals surface area contributed by atoms with Gasteiger partial charge >= 0.3 is 5.97 Å². The van der Waals surface area contributed by atoms with Crippen molar-refractivity contribution in [2.75, 3.05) is 7.11 Å². The summed E-state index contributed by atoms with van der Waals surface area (Å²) in [4.78, 5) is 16.5. The Bertz CT molecular complexity index is 893. The largest absolute Gasteiger partial charge is 0.504 e. The number of allylic oxidation sites excluding steroid dienone is 2. The van der Waals surface area contributed by atoms with Gasteiger partial charge in [-0.05, 0) is 35.6 Å². The molecule has 1 aromatic carbocycles. The molecule has 0 fully saturated rings. The molecule has 1 aliphatic rings. The van der Waals surface area contributed by atoms with E-state index in [0.29, 0.717) is 12.8 Å². The maximum absolute atomic E-state index is 12.3. The number of esters is 1. The molecule has 28 heavy (non-hydrogen) atoms. The molecule has 0 saturated heterocycles. The molecular formula is C23H26N2O3. The summed E-state index contributed by atoms with van der Waals surface area (Å²) >= 11 is 0. The fourth-order valence-electron chi connectivity index (χ4n) is 3.28. The highest BCUT2D eigenvalue weighted by molar-refractivity contribution is 5.86. The van der Waals surface area contributed by atoms with Crippen LogP contribution in [0.4, 0.5) is 0 Å². The Kier molecular flexibility index (Phi) is 6.84. The first-order valence-electron chi connectivity index (χ1n) is 9.43. The van der Waals surface area contributed by atoms with Crippen molar-refractivity contribution in [1.82, 2.24) is 9.55 Å². The molecule has 0 aliphatic heterocycles.